The Morgan fingerprint density at radius 2 is 1.54 bits per heavy atom. The number of carbonyl (C=O) groups is 1. The van der Waals surface area contributed by atoms with Gasteiger partial charge < -0.3 is 10.1 Å². The molecule has 0 aromatic carbocycles. The van der Waals surface area contributed by atoms with Gasteiger partial charge in [0, 0.05) is 5.41 Å². The van der Waals surface area contributed by atoms with Crippen LogP contribution in [0.5, 0.6) is 0 Å². The fraction of sp³-hybridized carbons (Fsp3) is 0.833. The van der Waals surface area contributed by atoms with Crippen molar-refractivity contribution in [3.63, 3.8) is 0 Å². The molecule has 1 unspecified atom stereocenters. The Labute approximate surface area is 147 Å². The van der Waals surface area contributed by atoms with Crippen molar-refractivity contribution in [2.24, 2.45) is 0 Å². The highest BCUT2D eigenvalue weighted by atomic mass is 32.2. The molecule has 1 aliphatic heterocycles. The first-order valence-corrected chi connectivity index (χ1v) is 11.1. The van der Waals surface area contributed by atoms with Crippen LogP contribution < -0.4 is 5.32 Å². The van der Waals surface area contributed by atoms with Crippen molar-refractivity contribution in [1.82, 2.24) is 5.32 Å². The molecule has 1 heterocycles. The van der Waals surface area contributed by atoms with Gasteiger partial charge in [-0.2, -0.15) is 0 Å². The fourth-order valence-electron chi connectivity index (χ4n) is 2.79. The summed E-state index contributed by atoms with van der Waals surface area (Å²) in [6.07, 6.45) is 14.7. The third kappa shape index (κ3) is 10.7. The normalized spacial score (nSPS) is 18.6. The lowest BCUT2D eigenvalue weighted by molar-refractivity contribution is 0.142. The summed E-state index contributed by atoms with van der Waals surface area (Å²) in [6, 6.07) is -0.458. The molecular formula is C18H33NO4S. The number of nitrogens with one attached hydrogen (secondary N) is 1. The van der Waals surface area contributed by atoms with Crippen molar-refractivity contribution in [2.75, 3.05) is 12.4 Å². The molecule has 5 nitrogen and oxygen atoms in total. The Morgan fingerprint density at radius 3 is 2.04 bits per heavy atom. The second-order valence-corrected chi connectivity index (χ2v) is 8.51. The van der Waals surface area contributed by atoms with Gasteiger partial charge >= 0.3 is 6.09 Å². The minimum absolute atomic E-state index is 0.0689. The Balaban J connectivity index is 1.85. The molecule has 1 N–H and O–H groups in total. The van der Waals surface area contributed by atoms with E-state index in [2.05, 4.69) is 12.2 Å². The van der Waals surface area contributed by atoms with Crippen molar-refractivity contribution in [1.29, 1.82) is 0 Å². The highest BCUT2D eigenvalue weighted by molar-refractivity contribution is 7.94. The van der Waals surface area contributed by atoms with E-state index in [0.29, 0.717) is 6.61 Å². The van der Waals surface area contributed by atoms with Gasteiger partial charge in [-0.1, -0.05) is 71.1 Å². The smallest absolute Gasteiger partial charge is 0.407 e. The summed E-state index contributed by atoms with van der Waals surface area (Å²) in [4.78, 5) is 11.5. The van der Waals surface area contributed by atoms with Crippen molar-refractivity contribution in [3.05, 3.63) is 11.5 Å². The van der Waals surface area contributed by atoms with Crippen LogP contribution in [0.25, 0.3) is 0 Å². The fourth-order valence-corrected chi connectivity index (χ4v) is 4.03. The molecule has 1 atom stereocenters. The SMILES string of the molecule is CCCCCCCCCCCCCOC(=O)NC1C=CS(=O)(=O)C1. The van der Waals surface area contributed by atoms with Gasteiger partial charge in [-0.15, -0.1) is 0 Å². The van der Waals surface area contributed by atoms with E-state index in [1.54, 1.807) is 0 Å². The van der Waals surface area contributed by atoms with Crippen molar-refractivity contribution in [2.45, 2.75) is 83.6 Å². The molecule has 140 valence electrons. The number of sulfone groups is 1. The van der Waals surface area contributed by atoms with Crippen molar-refractivity contribution < 1.29 is 17.9 Å². The Morgan fingerprint density at radius 1 is 1.00 bits per heavy atom. The molecule has 24 heavy (non-hydrogen) atoms. The molecule has 0 fully saturated rings. The van der Waals surface area contributed by atoms with E-state index in [1.165, 1.54) is 63.9 Å². The second-order valence-electron chi connectivity index (χ2n) is 6.58. The standard InChI is InChI=1S/C18H33NO4S/c1-2-3-4-5-6-7-8-9-10-11-12-14-23-18(20)19-17-13-15-24(21,22)16-17/h13,15,17H,2-12,14,16H2,1H3,(H,19,20). The molecule has 0 saturated heterocycles. The maximum atomic E-state index is 11.5. The summed E-state index contributed by atoms with van der Waals surface area (Å²) in [6.45, 7) is 2.63. The number of rotatable bonds is 13. The van der Waals surface area contributed by atoms with E-state index in [9.17, 15) is 13.2 Å². The topological polar surface area (TPSA) is 72.5 Å². The molecule has 0 aliphatic carbocycles. The minimum atomic E-state index is -3.14. The molecule has 0 saturated carbocycles. The summed E-state index contributed by atoms with van der Waals surface area (Å²) < 4.78 is 27.5. The maximum absolute atomic E-state index is 11.5. The summed E-state index contributed by atoms with van der Waals surface area (Å²) in [5, 5.41) is 3.69. The number of hydrogen-bond acceptors (Lipinski definition) is 4. The summed E-state index contributed by atoms with van der Waals surface area (Å²) in [7, 11) is -3.14. The lowest BCUT2D eigenvalue weighted by atomic mass is 10.1. The van der Waals surface area contributed by atoms with E-state index in [1.807, 2.05) is 0 Å². The first-order valence-electron chi connectivity index (χ1n) is 9.38. The predicted octanol–water partition coefficient (Wildman–Crippen LogP) is 4.33. The summed E-state index contributed by atoms with van der Waals surface area (Å²) >= 11 is 0. The van der Waals surface area contributed by atoms with E-state index in [0.717, 1.165) is 18.2 Å². The quantitative estimate of drug-likeness (QED) is 0.497. The van der Waals surface area contributed by atoms with Gasteiger partial charge in [-0.05, 0) is 12.5 Å². The zero-order chi connectivity index (χ0) is 17.7. The number of hydrogen-bond donors (Lipinski definition) is 1. The first kappa shape index (κ1) is 21.0. The van der Waals surface area contributed by atoms with Gasteiger partial charge in [-0.3, -0.25) is 0 Å². The Hall–Kier alpha value is -1.04. The highest BCUT2D eigenvalue weighted by Gasteiger charge is 2.23. The first-order chi connectivity index (χ1) is 11.5. The number of unbranched alkanes of at least 4 members (excludes halogenated alkanes) is 10. The van der Waals surface area contributed by atoms with Gasteiger partial charge in [0.15, 0.2) is 9.84 Å². The van der Waals surface area contributed by atoms with Crippen molar-refractivity contribution in [3.8, 4) is 0 Å². The molecule has 1 rings (SSSR count). The van der Waals surface area contributed by atoms with Crippen LogP contribution in [0.4, 0.5) is 4.79 Å². The lowest BCUT2D eigenvalue weighted by Gasteiger charge is -2.10. The van der Waals surface area contributed by atoms with Crippen LogP contribution in [0, 0.1) is 0 Å². The Kier molecular flexibility index (Phi) is 10.8. The maximum Gasteiger partial charge on any atom is 0.407 e. The number of ether oxygens (including phenoxy) is 1. The van der Waals surface area contributed by atoms with Gasteiger partial charge in [0.25, 0.3) is 0 Å². The zero-order valence-corrected chi connectivity index (χ0v) is 15.8. The van der Waals surface area contributed by atoms with Gasteiger partial charge in [0.1, 0.15) is 0 Å². The molecule has 0 aromatic rings. The average molecular weight is 360 g/mol. The zero-order valence-electron chi connectivity index (χ0n) is 15.0. The van der Waals surface area contributed by atoms with Crippen LogP contribution in [0.1, 0.15) is 77.6 Å². The van der Waals surface area contributed by atoms with Crippen molar-refractivity contribution >= 4 is 15.9 Å². The summed E-state index contributed by atoms with van der Waals surface area (Å²) in [5.41, 5.74) is 0. The predicted molar refractivity (Wildman–Crippen MR) is 97.7 cm³/mol. The molecular weight excluding hydrogens is 326 g/mol. The van der Waals surface area contributed by atoms with Gasteiger partial charge in [-0.25, -0.2) is 13.2 Å². The number of carbonyl (C=O) groups excluding carboxylic acids is 1. The third-order valence-electron chi connectivity index (χ3n) is 4.21. The molecule has 0 radical (unpaired) electrons. The van der Waals surface area contributed by atoms with Gasteiger partial charge in [0.2, 0.25) is 0 Å². The monoisotopic (exact) mass is 359 g/mol. The molecule has 1 amide bonds. The van der Waals surface area contributed by atoms with E-state index in [4.69, 9.17) is 4.74 Å². The number of amides is 1. The summed E-state index contributed by atoms with van der Waals surface area (Å²) in [5.74, 6) is -0.0689. The highest BCUT2D eigenvalue weighted by Crippen LogP contribution is 2.11. The van der Waals surface area contributed by atoms with E-state index in [-0.39, 0.29) is 5.75 Å². The largest absolute Gasteiger partial charge is 0.450 e. The lowest BCUT2D eigenvalue weighted by Crippen LogP contribution is -2.36. The third-order valence-corrected chi connectivity index (χ3v) is 5.61. The van der Waals surface area contributed by atoms with Crippen LogP contribution in [0.3, 0.4) is 0 Å². The molecule has 1 aliphatic rings. The van der Waals surface area contributed by atoms with E-state index < -0.39 is 22.0 Å². The van der Waals surface area contributed by atoms with Crippen LogP contribution in [-0.4, -0.2) is 32.9 Å². The number of alkyl carbamates (subject to hydrolysis) is 1. The molecule has 6 heteroatoms. The molecule has 0 bridgehead atoms. The molecule has 0 spiro atoms. The van der Waals surface area contributed by atoms with Crippen LogP contribution in [0.2, 0.25) is 0 Å². The van der Waals surface area contributed by atoms with Crippen LogP contribution in [-0.2, 0) is 14.6 Å². The molecule has 0 aromatic heterocycles. The average Bonchev–Trinajstić information content (AvgIpc) is 2.87. The van der Waals surface area contributed by atoms with Gasteiger partial charge in [0.05, 0.1) is 18.4 Å². The van der Waals surface area contributed by atoms with E-state index >= 15 is 0 Å². The second kappa shape index (κ2) is 12.3. The van der Waals surface area contributed by atoms with Crippen LogP contribution in [0.15, 0.2) is 11.5 Å². The minimum Gasteiger partial charge on any atom is -0.450 e. The Bertz CT molecular complexity index is 473. The van der Waals surface area contributed by atoms with Crippen LogP contribution >= 0.6 is 0 Å².